The molecule has 0 saturated heterocycles. The lowest BCUT2D eigenvalue weighted by Crippen LogP contribution is -2.23. The lowest BCUT2D eigenvalue weighted by molar-refractivity contribution is 0.355. The fourth-order valence-corrected chi connectivity index (χ4v) is 2.69. The van der Waals surface area contributed by atoms with Crippen molar-refractivity contribution < 1.29 is 0 Å². The predicted molar refractivity (Wildman–Crippen MR) is 86.0 cm³/mol. The van der Waals surface area contributed by atoms with Crippen LogP contribution in [0.3, 0.4) is 0 Å². The van der Waals surface area contributed by atoms with Crippen LogP contribution in [0.2, 0.25) is 0 Å². The highest BCUT2D eigenvalue weighted by atomic mass is 15.3. The summed E-state index contributed by atoms with van der Waals surface area (Å²) in [6.07, 6.45) is 6.82. The highest BCUT2D eigenvalue weighted by Crippen LogP contribution is 2.41. The zero-order valence-electron chi connectivity index (χ0n) is 13.2. The van der Waals surface area contributed by atoms with Gasteiger partial charge in [0.05, 0.1) is 11.7 Å². The van der Waals surface area contributed by atoms with Crippen LogP contribution >= 0.6 is 0 Å². The van der Waals surface area contributed by atoms with Crippen LogP contribution in [0.1, 0.15) is 50.8 Å². The van der Waals surface area contributed by atoms with Gasteiger partial charge < -0.3 is 5.32 Å². The normalized spacial score (nSPS) is 16.9. The zero-order chi connectivity index (χ0) is 14.9. The van der Waals surface area contributed by atoms with Gasteiger partial charge in [-0.2, -0.15) is 5.10 Å². The number of hydrogen-bond acceptors (Lipinski definition) is 2. The van der Waals surface area contributed by atoms with Crippen LogP contribution in [0.15, 0.2) is 42.7 Å². The van der Waals surface area contributed by atoms with Crippen LogP contribution in [0.5, 0.6) is 0 Å². The van der Waals surface area contributed by atoms with Gasteiger partial charge in [-0.1, -0.05) is 30.3 Å². The first kappa shape index (κ1) is 14.3. The minimum Gasteiger partial charge on any atom is -0.305 e. The monoisotopic (exact) mass is 283 g/mol. The molecular weight excluding hydrogens is 258 g/mol. The van der Waals surface area contributed by atoms with Crippen molar-refractivity contribution in [1.29, 1.82) is 0 Å². The van der Waals surface area contributed by atoms with Gasteiger partial charge in [-0.25, -0.2) is 0 Å². The summed E-state index contributed by atoms with van der Waals surface area (Å²) in [6.45, 7) is 7.41. The van der Waals surface area contributed by atoms with Crippen molar-refractivity contribution in [3.8, 4) is 0 Å². The minimum absolute atomic E-state index is 0.0492. The van der Waals surface area contributed by atoms with E-state index in [-0.39, 0.29) is 5.54 Å². The Labute approximate surface area is 127 Å². The second kappa shape index (κ2) is 5.64. The highest BCUT2D eigenvalue weighted by molar-refractivity contribution is 5.21. The topological polar surface area (TPSA) is 29.9 Å². The molecule has 1 heterocycles. The molecule has 1 fully saturated rings. The van der Waals surface area contributed by atoms with Gasteiger partial charge in [-0.05, 0) is 45.1 Å². The third kappa shape index (κ3) is 3.53. The number of nitrogens with one attached hydrogen (secondary N) is 1. The average molecular weight is 283 g/mol. The van der Waals surface area contributed by atoms with Gasteiger partial charge in [0.15, 0.2) is 0 Å². The molecule has 1 atom stereocenters. The molecule has 2 aromatic rings. The molecule has 1 unspecified atom stereocenters. The summed E-state index contributed by atoms with van der Waals surface area (Å²) in [4.78, 5) is 0. The molecule has 0 amide bonds. The standard InChI is InChI=1S/C18H25N3/c1-18(2,3)21-13-14(12-20-21)11-19-17(16-9-10-16)15-7-5-4-6-8-15/h4-8,12-13,16-17,19H,9-11H2,1-3H3. The quantitative estimate of drug-likeness (QED) is 0.902. The number of aromatic nitrogens is 2. The van der Waals surface area contributed by atoms with E-state index in [1.807, 2.05) is 10.9 Å². The average Bonchev–Trinajstić information content (AvgIpc) is 3.16. The summed E-state index contributed by atoms with van der Waals surface area (Å²) >= 11 is 0. The van der Waals surface area contributed by atoms with Gasteiger partial charge in [-0.3, -0.25) is 4.68 Å². The molecule has 0 bridgehead atoms. The van der Waals surface area contributed by atoms with E-state index in [1.165, 1.54) is 24.0 Å². The van der Waals surface area contributed by atoms with Gasteiger partial charge in [-0.15, -0.1) is 0 Å². The SMILES string of the molecule is CC(C)(C)n1cc(CNC(c2ccccc2)C2CC2)cn1. The van der Waals surface area contributed by atoms with Gasteiger partial charge in [0.1, 0.15) is 0 Å². The summed E-state index contributed by atoms with van der Waals surface area (Å²) in [5.41, 5.74) is 2.71. The molecule has 21 heavy (non-hydrogen) atoms. The highest BCUT2D eigenvalue weighted by Gasteiger charge is 2.31. The van der Waals surface area contributed by atoms with Crippen LogP contribution < -0.4 is 5.32 Å². The number of rotatable bonds is 5. The third-order valence-corrected chi connectivity index (χ3v) is 4.10. The predicted octanol–water partition coefficient (Wildman–Crippen LogP) is 3.88. The van der Waals surface area contributed by atoms with Crippen LogP contribution in [0, 0.1) is 5.92 Å². The lowest BCUT2D eigenvalue weighted by Gasteiger charge is -2.19. The summed E-state index contributed by atoms with van der Waals surface area (Å²) in [7, 11) is 0. The molecule has 1 aliphatic carbocycles. The maximum absolute atomic E-state index is 4.48. The first-order valence-electron chi connectivity index (χ1n) is 7.86. The molecule has 1 aromatic heterocycles. The van der Waals surface area contributed by atoms with Crippen molar-refractivity contribution in [2.75, 3.05) is 0 Å². The van der Waals surface area contributed by atoms with Crippen molar-refractivity contribution in [3.05, 3.63) is 53.9 Å². The van der Waals surface area contributed by atoms with Crippen LogP contribution in [0.25, 0.3) is 0 Å². The Morgan fingerprint density at radius 3 is 2.52 bits per heavy atom. The second-order valence-electron chi connectivity index (χ2n) is 7.07. The minimum atomic E-state index is 0.0492. The number of benzene rings is 1. The van der Waals surface area contributed by atoms with Crippen molar-refractivity contribution in [2.24, 2.45) is 5.92 Å². The van der Waals surface area contributed by atoms with Gasteiger partial charge in [0.25, 0.3) is 0 Å². The summed E-state index contributed by atoms with van der Waals surface area (Å²) < 4.78 is 2.04. The van der Waals surface area contributed by atoms with E-state index in [9.17, 15) is 0 Å². The van der Waals surface area contributed by atoms with Crippen molar-refractivity contribution >= 4 is 0 Å². The van der Waals surface area contributed by atoms with E-state index in [0.717, 1.165) is 12.5 Å². The Kier molecular flexibility index (Phi) is 3.85. The summed E-state index contributed by atoms with van der Waals surface area (Å²) in [5, 5.41) is 8.20. The molecular formula is C18H25N3. The Hall–Kier alpha value is -1.61. The Bertz CT molecular complexity index is 576. The molecule has 0 radical (unpaired) electrons. The molecule has 0 spiro atoms. The maximum atomic E-state index is 4.48. The Morgan fingerprint density at radius 2 is 1.95 bits per heavy atom. The van der Waals surface area contributed by atoms with Crippen LogP contribution in [0.4, 0.5) is 0 Å². The van der Waals surface area contributed by atoms with E-state index in [1.54, 1.807) is 0 Å². The first-order valence-corrected chi connectivity index (χ1v) is 7.86. The van der Waals surface area contributed by atoms with E-state index in [2.05, 4.69) is 67.7 Å². The molecule has 1 saturated carbocycles. The summed E-state index contributed by atoms with van der Waals surface area (Å²) in [5.74, 6) is 0.796. The molecule has 3 heteroatoms. The van der Waals surface area contributed by atoms with Gasteiger partial charge >= 0.3 is 0 Å². The fourth-order valence-electron chi connectivity index (χ4n) is 2.69. The Balaban J connectivity index is 1.66. The van der Waals surface area contributed by atoms with E-state index < -0.39 is 0 Å². The molecule has 0 aliphatic heterocycles. The smallest absolute Gasteiger partial charge is 0.0543 e. The van der Waals surface area contributed by atoms with Gasteiger partial charge in [0.2, 0.25) is 0 Å². The van der Waals surface area contributed by atoms with E-state index in [0.29, 0.717) is 6.04 Å². The van der Waals surface area contributed by atoms with E-state index in [4.69, 9.17) is 0 Å². The maximum Gasteiger partial charge on any atom is 0.0543 e. The third-order valence-electron chi connectivity index (χ3n) is 4.10. The van der Waals surface area contributed by atoms with E-state index >= 15 is 0 Å². The molecule has 3 nitrogen and oxygen atoms in total. The van der Waals surface area contributed by atoms with Crippen molar-refractivity contribution in [3.63, 3.8) is 0 Å². The molecule has 1 N–H and O–H groups in total. The zero-order valence-corrected chi connectivity index (χ0v) is 13.2. The van der Waals surface area contributed by atoms with Gasteiger partial charge in [0, 0.05) is 24.3 Å². The largest absolute Gasteiger partial charge is 0.305 e. The fraction of sp³-hybridized carbons (Fsp3) is 0.500. The second-order valence-corrected chi connectivity index (χ2v) is 7.07. The lowest BCUT2D eigenvalue weighted by atomic mass is 10.0. The van der Waals surface area contributed by atoms with Crippen LogP contribution in [-0.4, -0.2) is 9.78 Å². The van der Waals surface area contributed by atoms with Crippen LogP contribution in [-0.2, 0) is 12.1 Å². The van der Waals surface area contributed by atoms with Crippen molar-refractivity contribution in [2.45, 2.75) is 51.7 Å². The molecule has 1 aliphatic rings. The molecule has 112 valence electrons. The Morgan fingerprint density at radius 1 is 1.24 bits per heavy atom. The molecule has 1 aromatic carbocycles. The molecule has 3 rings (SSSR count). The number of nitrogens with zero attached hydrogens (tertiary/aromatic N) is 2. The number of hydrogen-bond donors (Lipinski definition) is 1. The van der Waals surface area contributed by atoms with Crippen molar-refractivity contribution in [1.82, 2.24) is 15.1 Å². The first-order chi connectivity index (χ1) is 10.0. The summed E-state index contributed by atoms with van der Waals surface area (Å²) in [6, 6.07) is 11.3.